The van der Waals surface area contributed by atoms with E-state index in [4.69, 9.17) is 0 Å². The van der Waals surface area contributed by atoms with Crippen molar-refractivity contribution in [2.45, 2.75) is 77.8 Å². The van der Waals surface area contributed by atoms with Gasteiger partial charge in [0.15, 0.2) is 5.65 Å². The number of hydrogen-bond acceptors (Lipinski definition) is 4. The van der Waals surface area contributed by atoms with Gasteiger partial charge in [-0.2, -0.15) is 0 Å². The first-order valence-electron chi connectivity index (χ1n) is 10.8. The molecule has 7 nitrogen and oxygen atoms in total. The molecular weight excluding hydrogens is 368 g/mol. The van der Waals surface area contributed by atoms with Crippen molar-refractivity contribution in [1.29, 1.82) is 0 Å². The molecule has 2 heterocycles. The lowest BCUT2D eigenvalue weighted by Gasteiger charge is -2.27. The van der Waals surface area contributed by atoms with E-state index in [9.17, 15) is 14.4 Å². The summed E-state index contributed by atoms with van der Waals surface area (Å²) in [7, 11) is 0. The normalized spacial score (nSPS) is 22.2. The van der Waals surface area contributed by atoms with Crippen molar-refractivity contribution in [2.24, 2.45) is 11.8 Å². The molecule has 2 fully saturated rings. The lowest BCUT2D eigenvalue weighted by Crippen LogP contribution is -2.39. The van der Waals surface area contributed by atoms with Crippen LogP contribution in [-0.2, 0) is 6.54 Å². The highest BCUT2D eigenvalue weighted by molar-refractivity contribution is 6.05. The number of rotatable bonds is 5. The zero-order valence-corrected chi connectivity index (χ0v) is 17.5. The summed E-state index contributed by atoms with van der Waals surface area (Å²) in [6, 6.07) is 1.90. The van der Waals surface area contributed by atoms with Gasteiger partial charge in [-0.3, -0.25) is 19.1 Å². The van der Waals surface area contributed by atoms with Crippen molar-refractivity contribution >= 4 is 16.9 Å². The van der Waals surface area contributed by atoms with E-state index in [-0.39, 0.29) is 23.3 Å². The third-order valence-corrected chi connectivity index (χ3v) is 6.11. The Morgan fingerprint density at radius 2 is 1.90 bits per heavy atom. The molecule has 2 aromatic rings. The molecule has 0 aliphatic heterocycles. The molecule has 7 heteroatoms. The van der Waals surface area contributed by atoms with E-state index in [1.807, 2.05) is 13.8 Å². The number of fused-ring (bicyclic) bond motifs is 1. The minimum atomic E-state index is -0.540. The third-order valence-electron chi connectivity index (χ3n) is 6.11. The fourth-order valence-corrected chi connectivity index (χ4v) is 4.26. The van der Waals surface area contributed by atoms with Crippen LogP contribution in [0.3, 0.4) is 0 Å². The molecule has 0 bridgehead atoms. The van der Waals surface area contributed by atoms with E-state index in [1.54, 1.807) is 6.07 Å². The molecule has 2 aliphatic rings. The molecule has 29 heavy (non-hydrogen) atoms. The highest BCUT2D eigenvalue weighted by atomic mass is 16.2. The minimum absolute atomic E-state index is 0.131. The van der Waals surface area contributed by atoms with Crippen LogP contribution in [0, 0.1) is 11.8 Å². The van der Waals surface area contributed by atoms with Crippen molar-refractivity contribution in [1.82, 2.24) is 19.9 Å². The molecule has 2 saturated carbocycles. The second-order valence-corrected chi connectivity index (χ2v) is 9.26. The van der Waals surface area contributed by atoms with Gasteiger partial charge in [-0.1, -0.05) is 20.8 Å². The van der Waals surface area contributed by atoms with E-state index in [0.29, 0.717) is 29.6 Å². The first-order valence-corrected chi connectivity index (χ1v) is 10.8. The maximum absolute atomic E-state index is 13.2. The van der Waals surface area contributed by atoms with Gasteiger partial charge in [0.05, 0.1) is 10.9 Å². The van der Waals surface area contributed by atoms with E-state index >= 15 is 0 Å². The average Bonchev–Trinajstić information content (AvgIpc) is 3.51. The van der Waals surface area contributed by atoms with Crippen molar-refractivity contribution < 1.29 is 4.79 Å². The van der Waals surface area contributed by atoms with Gasteiger partial charge < -0.3 is 5.32 Å². The highest BCUT2D eigenvalue weighted by Gasteiger charge is 2.29. The van der Waals surface area contributed by atoms with Crippen molar-refractivity contribution in [3.05, 3.63) is 38.2 Å². The van der Waals surface area contributed by atoms with Crippen LogP contribution in [0.5, 0.6) is 0 Å². The molecule has 4 rings (SSSR count). The Labute approximate surface area is 169 Å². The highest BCUT2D eigenvalue weighted by Crippen LogP contribution is 2.40. The monoisotopic (exact) mass is 398 g/mol. The van der Waals surface area contributed by atoms with Crippen LogP contribution in [0.25, 0.3) is 11.0 Å². The standard InChI is InChI=1S/C22H30N4O3/c1-12(2)11-26-19-18(21(28)25-22(26)29)16(10-17(24-19)14-6-7-14)20(27)23-15-8-4-13(3)5-9-15/h10,12-15H,4-9,11H2,1-3H3,(H,23,27)(H,25,28,29). The number of hydrogen-bond donors (Lipinski definition) is 2. The van der Waals surface area contributed by atoms with Gasteiger partial charge in [-0.25, -0.2) is 9.78 Å². The number of aromatic amines is 1. The Morgan fingerprint density at radius 1 is 1.21 bits per heavy atom. The number of aromatic nitrogens is 3. The molecule has 0 atom stereocenters. The Kier molecular flexibility index (Phi) is 5.32. The fourth-order valence-electron chi connectivity index (χ4n) is 4.26. The first kappa shape index (κ1) is 19.9. The number of H-pyrrole nitrogens is 1. The smallest absolute Gasteiger partial charge is 0.330 e. The maximum Gasteiger partial charge on any atom is 0.330 e. The van der Waals surface area contributed by atoms with E-state index in [0.717, 1.165) is 44.2 Å². The van der Waals surface area contributed by atoms with Gasteiger partial charge in [-0.15, -0.1) is 0 Å². The van der Waals surface area contributed by atoms with E-state index in [2.05, 4.69) is 22.2 Å². The zero-order chi connectivity index (χ0) is 20.7. The Hall–Kier alpha value is -2.44. The van der Waals surface area contributed by atoms with Gasteiger partial charge in [0.1, 0.15) is 0 Å². The predicted molar refractivity (Wildman–Crippen MR) is 112 cm³/mol. The third kappa shape index (κ3) is 4.14. The topological polar surface area (TPSA) is 96.9 Å². The fraction of sp³-hybridized carbons (Fsp3) is 0.636. The van der Waals surface area contributed by atoms with Crippen LogP contribution >= 0.6 is 0 Å². The number of carbonyl (C=O) groups excluding carboxylic acids is 1. The molecule has 0 radical (unpaired) electrons. The Morgan fingerprint density at radius 3 is 2.52 bits per heavy atom. The summed E-state index contributed by atoms with van der Waals surface area (Å²) in [4.78, 5) is 45.4. The first-order chi connectivity index (χ1) is 13.8. The van der Waals surface area contributed by atoms with Gasteiger partial charge in [-0.05, 0) is 56.4 Å². The summed E-state index contributed by atoms with van der Waals surface area (Å²) in [5, 5.41) is 3.35. The zero-order valence-electron chi connectivity index (χ0n) is 17.5. The largest absolute Gasteiger partial charge is 0.349 e. The van der Waals surface area contributed by atoms with Crippen molar-refractivity contribution in [3.63, 3.8) is 0 Å². The lowest BCUT2D eigenvalue weighted by atomic mass is 9.87. The molecular formula is C22H30N4O3. The van der Waals surface area contributed by atoms with Gasteiger partial charge in [0.2, 0.25) is 0 Å². The predicted octanol–water partition coefficient (Wildman–Crippen LogP) is 2.93. The van der Waals surface area contributed by atoms with Crippen LogP contribution in [0.1, 0.15) is 81.3 Å². The molecule has 2 aliphatic carbocycles. The molecule has 0 saturated heterocycles. The van der Waals surface area contributed by atoms with Crippen LogP contribution in [0.15, 0.2) is 15.7 Å². The van der Waals surface area contributed by atoms with Crippen molar-refractivity contribution in [3.8, 4) is 0 Å². The Bertz CT molecular complexity index is 1040. The molecule has 2 aromatic heterocycles. The molecule has 0 spiro atoms. The summed E-state index contributed by atoms with van der Waals surface area (Å²) >= 11 is 0. The summed E-state index contributed by atoms with van der Waals surface area (Å²) in [5.74, 6) is 0.969. The second kappa shape index (κ2) is 7.76. The SMILES string of the molecule is CC(C)Cn1c(=O)[nH]c(=O)c2c(C(=O)NC3CCC(C)CC3)cc(C3CC3)nc21. The second-order valence-electron chi connectivity index (χ2n) is 9.26. The quantitative estimate of drug-likeness (QED) is 0.809. The van der Waals surface area contributed by atoms with Gasteiger partial charge in [0.25, 0.3) is 11.5 Å². The van der Waals surface area contributed by atoms with Gasteiger partial charge >= 0.3 is 5.69 Å². The molecule has 2 N–H and O–H groups in total. The number of pyridine rings is 1. The summed E-state index contributed by atoms with van der Waals surface area (Å²) in [5.41, 5.74) is 0.475. The Balaban J connectivity index is 1.81. The van der Waals surface area contributed by atoms with Crippen molar-refractivity contribution in [2.75, 3.05) is 0 Å². The average molecular weight is 399 g/mol. The number of nitrogens with zero attached hydrogens (tertiary/aromatic N) is 2. The lowest BCUT2D eigenvalue weighted by molar-refractivity contribution is 0.0924. The molecule has 156 valence electrons. The molecule has 1 amide bonds. The molecule has 0 unspecified atom stereocenters. The summed E-state index contributed by atoms with van der Waals surface area (Å²) in [6.45, 7) is 6.69. The van der Waals surface area contributed by atoms with Crippen LogP contribution in [0.4, 0.5) is 0 Å². The number of carbonyl (C=O) groups is 1. The minimum Gasteiger partial charge on any atom is -0.349 e. The summed E-state index contributed by atoms with van der Waals surface area (Å²) < 4.78 is 1.51. The molecule has 0 aromatic carbocycles. The van der Waals surface area contributed by atoms with Crippen LogP contribution < -0.4 is 16.6 Å². The van der Waals surface area contributed by atoms with E-state index in [1.165, 1.54) is 4.57 Å². The number of amides is 1. The number of nitrogens with one attached hydrogen (secondary N) is 2. The van der Waals surface area contributed by atoms with Crippen LogP contribution in [-0.4, -0.2) is 26.5 Å². The van der Waals surface area contributed by atoms with Crippen LogP contribution in [0.2, 0.25) is 0 Å². The maximum atomic E-state index is 13.2. The summed E-state index contributed by atoms with van der Waals surface area (Å²) in [6.07, 6.45) is 6.17. The van der Waals surface area contributed by atoms with E-state index < -0.39 is 11.2 Å². The van der Waals surface area contributed by atoms with Gasteiger partial charge in [0, 0.05) is 24.2 Å².